The summed E-state index contributed by atoms with van der Waals surface area (Å²) in [6, 6.07) is 0. The van der Waals surface area contributed by atoms with Crippen molar-refractivity contribution in [1.82, 2.24) is 4.72 Å². The second-order valence-corrected chi connectivity index (χ2v) is 5.59. The molecule has 6 nitrogen and oxygen atoms in total. The van der Waals surface area contributed by atoms with Crippen LogP contribution < -0.4 is 4.72 Å². The number of sulfonamides is 1. The van der Waals surface area contributed by atoms with E-state index in [1.54, 1.807) is 6.92 Å². The minimum Gasteiger partial charge on any atom is -0.466 e. The first-order valence-corrected chi connectivity index (χ1v) is 7.37. The number of esters is 1. The predicted octanol–water partition coefficient (Wildman–Crippen LogP) is 0.0200. The van der Waals surface area contributed by atoms with Crippen LogP contribution in [0, 0.1) is 0 Å². The van der Waals surface area contributed by atoms with Gasteiger partial charge in [0.15, 0.2) is 0 Å². The molecular formula is C10H21NO5S. The number of rotatable bonds is 9. The fraction of sp³-hybridized carbons (Fsp3) is 0.900. The molecule has 1 atom stereocenters. The number of carbonyl (C=O) groups excluding carboxylic acids is 1. The van der Waals surface area contributed by atoms with Crippen LogP contribution in [0.4, 0.5) is 0 Å². The Morgan fingerprint density at radius 1 is 1.41 bits per heavy atom. The molecule has 102 valence electrons. The Kier molecular flexibility index (Phi) is 8.11. The lowest BCUT2D eigenvalue weighted by Crippen LogP contribution is -2.34. The lowest BCUT2D eigenvalue weighted by Gasteiger charge is -2.10. The molecule has 0 aliphatic heterocycles. The number of ether oxygens (including phenoxy) is 1. The largest absolute Gasteiger partial charge is 0.466 e. The molecule has 0 saturated heterocycles. The Bertz CT molecular complexity index is 315. The average molecular weight is 267 g/mol. The summed E-state index contributed by atoms with van der Waals surface area (Å²) in [7, 11) is -3.52. The van der Waals surface area contributed by atoms with Gasteiger partial charge in [0.2, 0.25) is 10.0 Å². The Morgan fingerprint density at radius 3 is 2.59 bits per heavy atom. The van der Waals surface area contributed by atoms with E-state index in [4.69, 9.17) is 0 Å². The molecule has 0 aliphatic carbocycles. The van der Waals surface area contributed by atoms with E-state index in [0.717, 1.165) is 6.42 Å². The molecule has 0 bridgehead atoms. The first kappa shape index (κ1) is 16.3. The molecule has 0 aromatic carbocycles. The number of nitrogens with one attached hydrogen (secondary N) is 1. The van der Waals surface area contributed by atoms with E-state index in [2.05, 4.69) is 9.46 Å². The average Bonchev–Trinajstić information content (AvgIpc) is 2.25. The lowest BCUT2D eigenvalue weighted by atomic mass is 10.2. The number of aliphatic hydroxyl groups excluding tert-OH is 1. The van der Waals surface area contributed by atoms with Crippen LogP contribution in [0.15, 0.2) is 0 Å². The minimum atomic E-state index is -3.52. The predicted molar refractivity (Wildman–Crippen MR) is 64.0 cm³/mol. The van der Waals surface area contributed by atoms with Crippen molar-refractivity contribution in [2.75, 3.05) is 18.9 Å². The number of hydrogen-bond acceptors (Lipinski definition) is 5. The maximum absolute atomic E-state index is 11.4. The standard InChI is InChI=1S/C10H21NO5S/c1-3-5-9(12)8-11-17(14,15)7-6-10(13)16-4-2/h9,11-12H,3-8H2,1-2H3. The highest BCUT2D eigenvalue weighted by Crippen LogP contribution is 1.97. The van der Waals surface area contributed by atoms with E-state index in [1.165, 1.54) is 0 Å². The molecule has 1 unspecified atom stereocenters. The molecule has 0 saturated carbocycles. The summed E-state index contributed by atoms with van der Waals surface area (Å²) in [6.45, 7) is 3.78. The SMILES string of the molecule is CCCC(O)CNS(=O)(=O)CCC(=O)OCC. The third-order valence-corrected chi connectivity index (χ3v) is 3.39. The quantitative estimate of drug-likeness (QED) is 0.574. The Balaban J connectivity index is 3.92. The highest BCUT2D eigenvalue weighted by atomic mass is 32.2. The fourth-order valence-corrected chi connectivity index (χ4v) is 2.21. The van der Waals surface area contributed by atoms with Crippen molar-refractivity contribution >= 4 is 16.0 Å². The summed E-state index contributed by atoms with van der Waals surface area (Å²) in [5, 5.41) is 9.36. The third kappa shape index (κ3) is 9.08. The van der Waals surface area contributed by atoms with Gasteiger partial charge in [-0.15, -0.1) is 0 Å². The summed E-state index contributed by atoms with van der Waals surface area (Å²) < 4.78 is 29.7. The van der Waals surface area contributed by atoms with E-state index in [-0.39, 0.29) is 25.3 Å². The summed E-state index contributed by atoms with van der Waals surface area (Å²) in [4.78, 5) is 11.0. The molecule has 0 radical (unpaired) electrons. The Hall–Kier alpha value is -0.660. The number of aliphatic hydroxyl groups is 1. The molecule has 7 heteroatoms. The molecule has 0 aromatic rings. The van der Waals surface area contributed by atoms with Gasteiger partial charge in [-0.1, -0.05) is 13.3 Å². The zero-order chi connectivity index (χ0) is 13.3. The van der Waals surface area contributed by atoms with Gasteiger partial charge in [-0.2, -0.15) is 0 Å². The zero-order valence-corrected chi connectivity index (χ0v) is 11.1. The van der Waals surface area contributed by atoms with Gasteiger partial charge in [0.1, 0.15) is 0 Å². The third-order valence-electron chi connectivity index (χ3n) is 2.04. The van der Waals surface area contributed by atoms with Gasteiger partial charge in [0.05, 0.1) is 24.9 Å². The van der Waals surface area contributed by atoms with E-state index in [1.807, 2.05) is 6.92 Å². The van der Waals surface area contributed by atoms with E-state index < -0.39 is 22.1 Å². The first-order chi connectivity index (χ1) is 7.91. The molecule has 2 N–H and O–H groups in total. The zero-order valence-electron chi connectivity index (χ0n) is 10.3. The fourth-order valence-electron chi connectivity index (χ4n) is 1.18. The van der Waals surface area contributed by atoms with Gasteiger partial charge in [-0.25, -0.2) is 13.1 Å². The smallest absolute Gasteiger partial charge is 0.306 e. The van der Waals surface area contributed by atoms with Crippen LogP contribution in [0.3, 0.4) is 0 Å². The van der Waals surface area contributed by atoms with Crippen molar-refractivity contribution in [2.24, 2.45) is 0 Å². The molecule has 0 aliphatic rings. The number of hydrogen-bond donors (Lipinski definition) is 2. The molecule has 0 heterocycles. The van der Waals surface area contributed by atoms with Crippen molar-refractivity contribution < 1.29 is 23.1 Å². The van der Waals surface area contributed by atoms with Crippen LogP contribution in [-0.4, -0.2) is 44.5 Å². The van der Waals surface area contributed by atoms with Gasteiger partial charge in [-0.05, 0) is 13.3 Å². The highest BCUT2D eigenvalue weighted by molar-refractivity contribution is 7.89. The van der Waals surface area contributed by atoms with Crippen LogP contribution in [0.2, 0.25) is 0 Å². The maximum atomic E-state index is 11.4. The van der Waals surface area contributed by atoms with Gasteiger partial charge in [0, 0.05) is 6.54 Å². The van der Waals surface area contributed by atoms with Crippen molar-refractivity contribution in [3.8, 4) is 0 Å². The van der Waals surface area contributed by atoms with Crippen LogP contribution in [-0.2, 0) is 19.6 Å². The topological polar surface area (TPSA) is 92.7 Å². The Morgan fingerprint density at radius 2 is 2.06 bits per heavy atom. The van der Waals surface area contributed by atoms with Crippen molar-refractivity contribution in [2.45, 2.75) is 39.2 Å². The summed E-state index contributed by atoms with van der Waals surface area (Å²) in [5.41, 5.74) is 0. The lowest BCUT2D eigenvalue weighted by molar-refractivity contribution is -0.142. The van der Waals surface area contributed by atoms with Crippen LogP contribution in [0.5, 0.6) is 0 Å². The van der Waals surface area contributed by atoms with Crippen molar-refractivity contribution in [3.63, 3.8) is 0 Å². The molecule has 0 amide bonds. The monoisotopic (exact) mass is 267 g/mol. The molecule has 0 aromatic heterocycles. The van der Waals surface area contributed by atoms with E-state index >= 15 is 0 Å². The van der Waals surface area contributed by atoms with Crippen LogP contribution in [0.25, 0.3) is 0 Å². The summed E-state index contributed by atoms with van der Waals surface area (Å²) >= 11 is 0. The molecular weight excluding hydrogens is 246 g/mol. The minimum absolute atomic E-state index is 0.0149. The summed E-state index contributed by atoms with van der Waals surface area (Å²) in [5.74, 6) is -0.850. The number of carbonyl (C=O) groups is 1. The molecule has 17 heavy (non-hydrogen) atoms. The van der Waals surface area contributed by atoms with Gasteiger partial charge in [-0.3, -0.25) is 4.79 Å². The van der Waals surface area contributed by atoms with E-state index in [9.17, 15) is 18.3 Å². The molecule has 0 fully saturated rings. The normalized spacial score (nSPS) is 13.4. The highest BCUT2D eigenvalue weighted by Gasteiger charge is 2.15. The van der Waals surface area contributed by atoms with Gasteiger partial charge in [0.25, 0.3) is 0 Å². The van der Waals surface area contributed by atoms with Gasteiger partial charge < -0.3 is 9.84 Å². The molecule has 0 spiro atoms. The molecule has 0 rings (SSSR count). The first-order valence-electron chi connectivity index (χ1n) is 5.72. The second-order valence-electron chi connectivity index (χ2n) is 3.66. The van der Waals surface area contributed by atoms with Crippen LogP contribution >= 0.6 is 0 Å². The Labute approximate surface area is 102 Å². The van der Waals surface area contributed by atoms with Crippen LogP contribution in [0.1, 0.15) is 33.1 Å². The summed E-state index contributed by atoms with van der Waals surface area (Å²) in [6.07, 6.45) is 0.469. The van der Waals surface area contributed by atoms with Crippen molar-refractivity contribution in [3.05, 3.63) is 0 Å². The van der Waals surface area contributed by atoms with Gasteiger partial charge >= 0.3 is 5.97 Å². The second kappa shape index (κ2) is 8.43. The van der Waals surface area contributed by atoms with Crippen molar-refractivity contribution in [1.29, 1.82) is 0 Å². The maximum Gasteiger partial charge on any atom is 0.306 e. The van der Waals surface area contributed by atoms with E-state index in [0.29, 0.717) is 6.42 Å².